The van der Waals surface area contributed by atoms with Crippen molar-refractivity contribution in [3.8, 4) is 11.5 Å². The van der Waals surface area contributed by atoms with Crippen molar-refractivity contribution >= 4 is 11.6 Å². The molecule has 0 fully saturated rings. The van der Waals surface area contributed by atoms with Gasteiger partial charge in [0.2, 0.25) is 0 Å². The average molecular weight is 375 g/mol. The van der Waals surface area contributed by atoms with Crippen molar-refractivity contribution in [1.82, 2.24) is 0 Å². The Balaban J connectivity index is 1.64. The zero-order chi connectivity index (χ0) is 19.8. The normalized spacial score (nSPS) is 11.5. The van der Waals surface area contributed by atoms with E-state index in [1.165, 1.54) is 0 Å². The highest BCUT2D eigenvalue weighted by Gasteiger charge is 2.09. The lowest BCUT2D eigenvalue weighted by Crippen LogP contribution is -2.13. The molecule has 0 aliphatic rings. The van der Waals surface area contributed by atoms with E-state index in [1.54, 1.807) is 12.1 Å². The van der Waals surface area contributed by atoms with Gasteiger partial charge < -0.3 is 14.8 Å². The fraction of sp³-hybridized carbons (Fsp3) is 0.208. The molecule has 1 atom stereocenters. The Bertz CT molecular complexity index is 908. The summed E-state index contributed by atoms with van der Waals surface area (Å²) < 4.78 is 11.6. The van der Waals surface area contributed by atoms with Gasteiger partial charge in [-0.05, 0) is 49.2 Å². The monoisotopic (exact) mass is 375 g/mol. The van der Waals surface area contributed by atoms with Gasteiger partial charge in [-0.3, -0.25) is 4.79 Å². The van der Waals surface area contributed by atoms with Crippen LogP contribution in [0.2, 0.25) is 0 Å². The van der Waals surface area contributed by atoms with E-state index < -0.39 is 0 Å². The smallest absolute Gasteiger partial charge is 0.255 e. The van der Waals surface area contributed by atoms with Crippen molar-refractivity contribution < 1.29 is 14.3 Å². The summed E-state index contributed by atoms with van der Waals surface area (Å²) >= 11 is 0. The highest BCUT2D eigenvalue weighted by molar-refractivity contribution is 6.04. The van der Waals surface area contributed by atoms with Crippen LogP contribution in [0.25, 0.3) is 0 Å². The molecule has 28 heavy (non-hydrogen) atoms. The van der Waals surface area contributed by atoms with Gasteiger partial charge in [0.15, 0.2) is 0 Å². The third-order valence-electron chi connectivity index (χ3n) is 4.35. The first-order valence-corrected chi connectivity index (χ1v) is 9.49. The number of ether oxygens (including phenoxy) is 2. The molecule has 0 radical (unpaired) electrons. The number of rotatable bonds is 8. The van der Waals surface area contributed by atoms with E-state index in [2.05, 4.69) is 12.2 Å². The molecule has 4 nitrogen and oxygen atoms in total. The average Bonchev–Trinajstić information content (AvgIpc) is 2.73. The summed E-state index contributed by atoms with van der Waals surface area (Å²) in [7, 11) is 0. The summed E-state index contributed by atoms with van der Waals surface area (Å²) in [6.45, 7) is 4.55. The van der Waals surface area contributed by atoms with Crippen LogP contribution in [0.4, 0.5) is 5.69 Å². The Morgan fingerprint density at radius 2 is 1.68 bits per heavy atom. The molecule has 0 bridgehead atoms. The maximum Gasteiger partial charge on any atom is 0.255 e. The Hall–Kier alpha value is -3.27. The minimum absolute atomic E-state index is 0.129. The first-order chi connectivity index (χ1) is 13.6. The minimum atomic E-state index is -0.189. The van der Waals surface area contributed by atoms with Crippen LogP contribution >= 0.6 is 0 Å². The molecular weight excluding hydrogens is 350 g/mol. The highest BCUT2D eigenvalue weighted by atomic mass is 16.5. The quantitative estimate of drug-likeness (QED) is 0.550. The van der Waals surface area contributed by atoms with Crippen molar-refractivity contribution in [1.29, 1.82) is 0 Å². The molecule has 1 unspecified atom stereocenters. The van der Waals surface area contributed by atoms with Crippen molar-refractivity contribution in [2.24, 2.45) is 0 Å². The number of carbonyl (C=O) groups excluding carboxylic acids is 1. The van der Waals surface area contributed by atoms with Gasteiger partial charge in [0, 0.05) is 17.3 Å². The van der Waals surface area contributed by atoms with Crippen LogP contribution in [0.3, 0.4) is 0 Å². The molecule has 3 aromatic carbocycles. The summed E-state index contributed by atoms with van der Waals surface area (Å²) in [6, 6.07) is 24.5. The topological polar surface area (TPSA) is 47.6 Å². The van der Waals surface area contributed by atoms with E-state index in [0.717, 1.165) is 17.7 Å². The summed E-state index contributed by atoms with van der Waals surface area (Å²) in [4.78, 5) is 12.6. The lowest BCUT2D eigenvalue weighted by atomic mass is 10.2. The van der Waals surface area contributed by atoms with Crippen LogP contribution in [0.15, 0.2) is 78.9 Å². The van der Waals surface area contributed by atoms with Crippen LogP contribution in [0, 0.1) is 0 Å². The summed E-state index contributed by atoms with van der Waals surface area (Å²) in [5.41, 5.74) is 2.32. The number of anilines is 1. The molecule has 0 saturated heterocycles. The van der Waals surface area contributed by atoms with Gasteiger partial charge >= 0.3 is 0 Å². The second-order valence-corrected chi connectivity index (χ2v) is 6.62. The predicted molar refractivity (Wildman–Crippen MR) is 112 cm³/mol. The second-order valence-electron chi connectivity index (χ2n) is 6.62. The largest absolute Gasteiger partial charge is 0.491 e. The number of benzene rings is 3. The van der Waals surface area contributed by atoms with Gasteiger partial charge in [0.05, 0.1) is 6.10 Å². The molecule has 4 heteroatoms. The summed E-state index contributed by atoms with van der Waals surface area (Å²) in [5.74, 6) is 1.21. The maximum atomic E-state index is 12.6. The maximum absolute atomic E-state index is 12.6. The van der Waals surface area contributed by atoms with E-state index in [1.807, 2.05) is 73.7 Å². The van der Waals surface area contributed by atoms with E-state index in [-0.39, 0.29) is 12.0 Å². The summed E-state index contributed by atoms with van der Waals surface area (Å²) in [5, 5.41) is 2.92. The van der Waals surface area contributed by atoms with Crippen LogP contribution in [-0.4, -0.2) is 12.0 Å². The van der Waals surface area contributed by atoms with Gasteiger partial charge in [-0.25, -0.2) is 0 Å². The second kappa shape index (κ2) is 9.60. The molecule has 3 aromatic rings. The molecule has 0 heterocycles. The number of hydrogen-bond acceptors (Lipinski definition) is 3. The van der Waals surface area contributed by atoms with Crippen molar-refractivity contribution in [2.45, 2.75) is 33.0 Å². The molecular formula is C24H25NO3. The van der Waals surface area contributed by atoms with Gasteiger partial charge in [-0.15, -0.1) is 0 Å². The van der Waals surface area contributed by atoms with Crippen LogP contribution < -0.4 is 14.8 Å². The number of hydrogen-bond donors (Lipinski definition) is 1. The zero-order valence-corrected chi connectivity index (χ0v) is 16.2. The van der Waals surface area contributed by atoms with E-state index in [0.29, 0.717) is 23.6 Å². The molecule has 144 valence electrons. The number of nitrogens with one attached hydrogen (secondary N) is 1. The van der Waals surface area contributed by atoms with Gasteiger partial charge in [-0.1, -0.05) is 49.4 Å². The third kappa shape index (κ3) is 5.61. The molecule has 0 aliphatic heterocycles. The molecule has 3 rings (SSSR count). The number of amides is 1. The zero-order valence-electron chi connectivity index (χ0n) is 16.2. The number of carbonyl (C=O) groups is 1. The predicted octanol–water partition coefficient (Wildman–Crippen LogP) is 5.70. The first-order valence-electron chi connectivity index (χ1n) is 9.49. The first kappa shape index (κ1) is 19.5. The van der Waals surface area contributed by atoms with Crippen molar-refractivity contribution in [2.75, 3.05) is 5.32 Å². The van der Waals surface area contributed by atoms with Gasteiger partial charge in [0.1, 0.15) is 18.1 Å². The van der Waals surface area contributed by atoms with Crippen LogP contribution in [-0.2, 0) is 6.61 Å². The molecule has 0 saturated carbocycles. The Morgan fingerprint density at radius 1 is 0.929 bits per heavy atom. The molecule has 0 aliphatic carbocycles. The molecule has 0 aromatic heterocycles. The summed E-state index contributed by atoms with van der Waals surface area (Å²) in [6.07, 6.45) is 1.05. The van der Waals surface area contributed by atoms with Crippen LogP contribution in [0.5, 0.6) is 11.5 Å². The molecule has 0 spiro atoms. The Kier molecular flexibility index (Phi) is 6.68. The van der Waals surface area contributed by atoms with Gasteiger partial charge in [0.25, 0.3) is 5.91 Å². The minimum Gasteiger partial charge on any atom is -0.491 e. The van der Waals surface area contributed by atoms with Crippen LogP contribution in [0.1, 0.15) is 36.2 Å². The molecule has 1 N–H and O–H groups in total. The molecule has 1 amide bonds. The van der Waals surface area contributed by atoms with E-state index >= 15 is 0 Å². The fourth-order valence-electron chi connectivity index (χ4n) is 2.63. The van der Waals surface area contributed by atoms with Crippen molar-refractivity contribution in [3.63, 3.8) is 0 Å². The third-order valence-corrected chi connectivity index (χ3v) is 4.35. The SMILES string of the molecule is CCC(C)Oc1cccc(NC(=O)c2cccc(OCc3ccccc3)c2)c1. The van der Waals surface area contributed by atoms with E-state index in [9.17, 15) is 4.79 Å². The lowest BCUT2D eigenvalue weighted by Gasteiger charge is -2.14. The Morgan fingerprint density at radius 3 is 2.46 bits per heavy atom. The van der Waals surface area contributed by atoms with Crippen molar-refractivity contribution in [3.05, 3.63) is 90.0 Å². The lowest BCUT2D eigenvalue weighted by molar-refractivity contribution is 0.102. The van der Waals surface area contributed by atoms with E-state index in [4.69, 9.17) is 9.47 Å². The van der Waals surface area contributed by atoms with Gasteiger partial charge in [-0.2, -0.15) is 0 Å². The Labute approximate surface area is 166 Å². The highest BCUT2D eigenvalue weighted by Crippen LogP contribution is 2.21. The fourth-order valence-corrected chi connectivity index (χ4v) is 2.63. The standard InChI is InChI=1S/C24H25NO3/c1-3-18(2)28-23-14-8-12-21(16-23)25-24(26)20-11-7-13-22(15-20)27-17-19-9-5-4-6-10-19/h4-16,18H,3,17H2,1-2H3,(H,25,26).